The van der Waals surface area contributed by atoms with Gasteiger partial charge in [0.2, 0.25) is 0 Å². The molecule has 4 aromatic carbocycles. The molecule has 0 atom stereocenters. The molecule has 0 unspecified atom stereocenters. The molecule has 0 bridgehead atoms. The Morgan fingerprint density at radius 3 is 2.17 bits per heavy atom. The lowest BCUT2D eigenvalue weighted by Gasteiger charge is -2.14. The standard InChI is InChI=1S/C27H24FN3O3S/c1-18-6-3-4-9-25(18)30-27(32)29-23-14-15-26(19(2)16-23)31-35(33,34)24-8-5-7-21(17-24)20-10-12-22(28)13-11-20/h3-17,31H,1-2H3,(H2,29,30,32). The molecule has 4 rings (SSSR count). The number of sulfonamides is 1. The van der Waals surface area contributed by atoms with E-state index in [0.717, 1.165) is 5.56 Å². The molecule has 35 heavy (non-hydrogen) atoms. The number of carbonyl (C=O) groups excluding carboxylic acids is 1. The molecular weight excluding hydrogens is 465 g/mol. The van der Waals surface area contributed by atoms with Crippen molar-refractivity contribution in [3.05, 3.63) is 108 Å². The fourth-order valence-electron chi connectivity index (χ4n) is 3.54. The first-order chi connectivity index (χ1) is 16.7. The predicted molar refractivity (Wildman–Crippen MR) is 138 cm³/mol. The first-order valence-electron chi connectivity index (χ1n) is 10.8. The number of para-hydroxylation sites is 1. The molecule has 0 saturated heterocycles. The molecule has 2 amide bonds. The van der Waals surface area contributed by atoms with E-state index in [1.807, 2.05) is 31.2 Å². The molecule has 0 radical (unpaired) electrons. The second-order valence-electron chi connectivity index (χ2n) is 8.06. The molecule has 0 spiro atoms. The number of amides is 2. The first-order valence-corrected chi connectivity index (χ1v) is 12.3. The number of nitrogens with one attached hydrogen (secondary N) is 3. The van der Waals surface area contributed by atoms with Gasteiger partial charge in [0.05, 0.1) is 10.6 Å². The van der Waals surface area contributed by atoms with Crippen LogP contribution in [0.2, 0.25) is 0 Å². The van der Waals surface area contributed by atoms with Crippen molar-refractivity contribution in [3.63, 3.8) is 0 Å². The summed E-state index contributed by atoms with van der Waals surface area (Å²) in [4.78, 5) is 12.4. The van der Waals surface area contributed by atoms with Crippen LogP contribution in [0.4, 0.5) is 26.2 Å². The van der Waals surface area contributed by atoms with Crippen LogP contribution in [0.25, 0.3) is 11.1 Å². The molecule has 6 nitrogen and oxygen atoms in total. The number of hydrogen-bond donors (Lipinski definition) is 3. The largest absolute Gasteiger partial charge is 0.323 e. The van der Waals surface area contributed by atoms with Crippen LogP contribution in [-0.2, 0) is 10.0 Å². The van der Waals surface area contributed by atoms with Crippen LogP contribution >= 0.6 is 0 Å². The monoisotopic (exact) mass is 489 g/mol. The summed E-state index contributed by atoms with van der Waals surface area (Å²) >= 11 is 0. The quantitative estimate of drug-likeness (QED) is 0.287. The van der Waals surface area contributed by atoms with Crippen molar-refractivity contribution in [2.24, 2.45) is 0 Å². The van der Waals surface area contributed by atoms with Crippen LogP contribution < -0.4 is 15.4 Å². The average molecular weight is 490 g/mol. The van der Waals surface area contributed by atoms with Gasteiger partial charge in [-0.25, -0.2) is 17.6 Å². The predicted octanol–water partition coefficient (Wildman–Crippen LogP) is 6.55. The van der Waals surface area contributed by atoms with Gasteiger partial charge in [-0.15, -0.1) is 0 Å². The number of urea groups is 1. The van der Waals surface area contributed by atoms with Crippen LogP contribution in [0, 0.1) is 19.7 Å². The minimum absolute atomic E-state index is 0.0820. The molecule has 0 aliphatic carbocycles. The molecule has 0 aliphatic rings. The molecule has 0 saturated carbocycles. The van der Waals surface area contributed by atoms with E-state index in [1.54, 1.807) is 49.4 Å². The van der Waals surface area contributed by atoms with E-state index in [9.17, 15) is 17.6 Å². The number of aryl methyl sites for hydroxylation is 2. The van der Waals surface area contributed by atoms with E-state index in [2.05, 4.69) is 15.4 Å². The van der Waals surface area contributed by atoms with Crippen molar-refractivity contribution < 1.29 is 17.6 Å². The van der Waals surface area contributed by atoms with Crippen LogP contribution in [0.1, 0.15) is 11.1 Å². The van der Waals surface area contributed by atoms with E-state index >= 15 is 0 Å². The highest BCUT2D eigenvalue weighted by Gasteiger charge is 2.17. The van der Waals surface area contributed by atoms with E-state index in [-0.39, 0.29) is 10.7 Å². The molecule has 0 aromatic heterocycles. The van der Waals surface area contributed by atoms with Crippen molar-refractivity contribution in [2.75, 3.05) is 15.4 Å². The summed E-state index contributed by atoms with van der Waals surface area (Å²) in [7, 11) is -3.88. The SMILES string of the molecule is Cc1ccccc1NC(=O)Nc1ccc(NS(=O)(=O)c2cccc(-c3ccc(F)cc3)c2)c(C)c1. The first kappa shape index (κ1) is 24.0. The Morgan fingerprint density at radius 1 is 0.714 bits per heavy atom. The highest BCUT2D eigenvalue weighted by molar-refractivity contribution is 7.92. The number of rotatable bonds is 6. The summed E-state index contributed by atoms with van der Waals surface area (Å²) < 4.78 is 41.9. The Kier molecular flexibility index (Phi) is 6.84. The van der Waals surface area contributed by atoms with E-state index in [1.165, 1.54) is 24.3 Å². The minimum atomic E-state index is -3.88. The molecule has 178 valence electrons. The van der Waals surface area contributed by atoms with Gasteiger partial charge in [0.15, 0.2) is 0 Å². The van der Waals surface area contributed by atoms with Gasteiger partial charge in [0.1, 0.15) is 5.82 Å². The third kappa shape index (κ3) is 5.85. The van der Waals surface area contributed by atoms with Gasteiger partial charge in [-0.3, -0.25) is 4.72 Å². The fraction of sp³-hybridized carbons (Fsp3) is 0.0741. The minimum Gasteiger partial charge on any atom is -0.308 e. The molecular formula is C27H24FN3O3S. The van der Waals surface area contributed by atoms with Crippen LogP contribution in [0.15, 0.2) is 95.9 Å². The highest BCUT2D eigenvalue weighted by Crippen LogP contribution is 2.26. The fourth-order valence-corrected chi connectivity index (χ4v) is 4.72. The lowest BCUT2D eigenvalue weighted by molar-refractivity contribution is 0.262. The van der Waals surface area contributed by atoms with Gasteiger partial charge in [0, 0.05) is 11.4 Å². The molecule has 0 fully saturated rings. The topological polar surface area (TPSA) is 87.3 Å². The van der Waals surface area contributed by atoms with Gasteiger partial charge < -0.3 is 10.6 Å². The average Bonchev–Trinajstić information content (AvgIpc) is 2.83. The maximum absolute atomic E-state index is 13.2. The Balaban J connectivity index is 1.48. The number of halogens is 1. The Hall–Kier alpha value is -4.17. The zero-order valence-corrected chi connectivity index (χ0v) is 20.0. The number of carbonyl (C=O) groups is 1. The second kappa shape index (κ2) is 9.99. The summed E-state index contributed by atoms with van der Waals surface area (Å²) in [5.41, 5.74) is 4.55. The molecule has 3 N–H and O–H groups in total. The maximum Gasteiger partial charge on any atom is 0.323 e. The Morgan fingerprint density at radius 2 is 1.46 bits per heavy atom. The number of anilines is 3. The number of hydrogen-bond acceptors (Lipinski definition) is 3. The highest BCUT2D eigenvalue weighted by atomic mass is 32.2. The van der Waals surface area contributed by atoms with Gasteiger partial charge in [-0.2, -0.15) is 0 Å². The zero-order valence-electron chi connectivity index (χ0n) is 19.2. The van der Waals surface area contributed by atoms with Gasteiger partial charge >= 0.3 is 6.03 Å². The summed E-state index contributed by atoms with van der Waals surface area (Å²) in [6.07, 6.45) is 0. The summed E-state index contributed by atoms with van der Waals surface area (Å²) in [6.45, 7) is 3.65. The third-order valence-corrected chi connectivity index (χ3v) is 6.81. The Bertz CT molecular complexity index is 1490. The van der Waals surface area contributed by atoms with E-state index in [4.69, 9.17) is 0 Å². The van der Waals surface area contributed by atoms with Gasteiger partial charge in [-0.1, -0.05) is 42.5 Å². The zero-order chi connectivity index (χ0) is 25.0. The summed E-state index contributed by atoms with van der Waals surface area (Å²) in [5, 5.41) is 5.55. The lowest BCUT2D eigenvalue weighted by Crippen LogP contribution is -2.20. The van der Waals surface area contributed by atoms with Crippen molar-refractivity contribution in [3.8, 4) is 11.1 Å². The smallest absolute Gasteiger partial charge is 0.308 e. The lowest BCUT2D eigenvalue weighted by atomic mass is 10.1. The molecule has 4 aromatic rings. The van der Waals surface area contributed by atoms with Crippen molar-refractivity contribution in [1.82, 2.24) is 0 Å². The van der Waals surface area contributed by atoms with Crippen LogP contribution in [0.5, 0.6) is 0 Å². The van der Waals surface area contributed by atoms with Crippen molar-refractivity contribution in [2.45, 2.75) is 18.7 Å². The van der Waals surface area contributed by atoms with E-state index in [0.29, 0.717) is 33.8 Å². The third-order valence-electron chi connectivity index (χ3n) is 5.44. The molecule has 0 heterocycles. The number of benzene rings is 4. The molecule has 0 aliphatic heterocycles. The van der Waals surface area contributed by atoms with Crippen LogP contribution in [0.3, 0.4) is 0 Å². The van der Waals surface area contributed by atoms with Gasteiger partial charge in [0.25, 0.3) is 10.0 Å². The second-order valence-corrected chi connectivity index (χ2v) is 9.75. The van der Waals surface area contributed by atoms with E-state index < -0.39 is 16.1 Å². The van der Waals surface area contributed by atoms with Gasteiger partial charge in [-0.05, 0) is 84.6 Å². The van der Waals surface area contributed by atoms with Crippen LogP contribution in [-0.4, -0.2) is 14.4 Å². The normalized spacial score (nSPS) is 11.1. The van der Waals surface area contributed by atoms with Crippen molar-refractivity contribution >= 4 is 33.1 Å². The Labute approximate surface area is 203 Å². The molecule has 8 heteroatoms. The summed E-state index contributed by atoms with van der Waals surface area (Å²) in [5.74, 6) is -0.361. The maximum atomic E-state index is 13.2. The van der Waals surface area contributed by atoms with Crippen molar-refractivity contribution in [1.29, 1.82) is 0 Å². The summed E-state index contributed by atoms with van der Waals surface area (Å²) in [6, 6.07) is 24.2.